The Labute approximate surface area is 199 Å². The molecule has 1 aliphatic heterocycles. The average molecular weight is 463 g/mol. The van der Waals surface area contributed by atoms with Crippen LogP contribution in [0.1, 0.15) is 21.5 Å². The molecule has 8 heteroatoms. The van der Waals surface area contributed by atoms with Crippen LogP contribution < -0.4 is 5.32 Å². The van der Waals surface area contributed by atoms with Gasteiger partial charge >= 0.3 is 5.97 Å². The van der Waals surface area contributed by atoms with E-state index < -0.39 is 5.97 Å². The van der Waals surface area contributed by atoms with Crippen molar-refractivity contribution in [1.29, 1.82) is 0 Å². The summed E-state index contributed by atoms with van der Waals surface area (Å²) in [6.45, 7) is 6.82. The topological polar surface area (TPSA) is 83.9 Å². The Hall–Kier alpha value is -3.65. The van der Waals surface area contributed by atoms with Crippen LogP contribution in [0.25, 0.3) is 10.9 Å². The predicted octanol–water partition coefficient (Wildman–Crippen LogP) is 2.83. The first-order chi connectivity index (χ1) is 16.4. The largest absolute Gasteiger partial charge is 0.465 e. The number of methoxy groups -OCH3 is 1. The highest BCUT2D eigenvalue weighted by atomic mass is 16.5. The van der Waals surface area contributed by atoms with Gasteiger partial charge in [-0.15, -0.1) is 0 Å². The minimum absolute atomic E-state index is 0.0170. The van der Waals surface area contributed by atoms with Crippen molar-refractivity contribution in [3.05, 3.63) is 65.4 Å². The van der Waals surface area contributed by atoms with Crippen molar-refractivity contribution in [2.24, 2.45) is 0 Å². The first kappa shape index (κ1) is 23.5. The SMILES string of the molecule is COC(=O)c1cn(CC(=O)N2CCN(CC(=O)Nc3cccc(C)c3C)CC2)c2ccccc12. The molecule has 0 unspecified atom stereocenters. The Bertz CT molecular complexity index is 1220. The number of esters is 1. The molecule has 1 N–H and O–H groups in total. The number of amides is 2. The normalized spacial score (nSPS) is 14.3. The van der Waals surface area contributed by atoms with Gasteiger partial charge < -0.3 is 19.5 Å². The summed E-state index contributed by atoms with van der Waals surface area (Å²) in [6.07, 6.45) is 1.68. The molecule has 178 valence electrons. The lowest BCUT2D eigenvalue weighted by Crippen LogP contribution is -2.51. The number of piperazine rings is 1. The van der Waals surface area contributed by atoms with Gasteiger partial charge in [0, 0.05) is 49.0 Å². The molecule has 1 saturated heterocycles. The van der Waals surface area contributed by atoms with E-state index in [4.69, 9.17) is 4.74 Å². The average Bonchev–Trinajstić information content (AvgIpc) is 3.20. The summed E-state index contributed by atoms with van der Waals surface area (Å²) < 4.78 is 6.69. The molecule has 34 heavy (non-hydrogen) atoms. The molecule has 0 atom stereocenters. The fourth-order valence-corrected chi connectivity index (χ4v) is 4.33. The molecular weight excluding hydrogens is 432 g/mol. The zero-order valence-corrected chi connectivity index (χ0v) is 19.8. The van der Waals surface area contributed by atoms with Crippen LogP contribution in [0.15, 0.2) is 48.7 Å². The summed E-state index contributed by atoms with van der Waals surface area (Å²) in [7, 11) is 1.35. The molecular formula is C26H30N4O4. The van der Waals surface area contributed by atoms with Crippen molar-refractivity contribution in [2.45, 2.75) is 20.4 Å². The number of aromatic nitrogens is 1. The van der Waals surface area contributed by atoms with Crippen LogP contribution in [-0.4, -0.2) is 72.0 Å². The summed E-state index contributed by atoms with van der Waals surface area (Å²) in [5.74, 6) is -0.491. The van der Waals surface area contributed by atoms with Crippen molar-refractivity contribution in [2.75, 3.05) is 45.2 Å². The number of carbonyl (C=O) groups excluding carboxylic acids is 3. The monoisotopic (exact) mass is 462 g/mol. The second-order valence-corrected chi connectivity index (χ2v) is 8.63. The van der Waals surface area contributed by atoms with Crippen LogP contribution in [0, 0.1) is 13.8 Å². The molecule has 4 rings (SSSR count). The summed E-state index contributed by atoms with van der Waals surface area (Å²) in [5.41, 5.74) is 4.31. The number of carbonyl (C=O) groups is 3. The molecule has 2 aromatic carbocycles. The molecule has 2 heterocycles. The first-order valence-electron chi connectivity index (χ1n) is 11.4. The number of hydrogen-bond donors (Lipinski definition) is 1. The van der Waals surface area contributed by atoms with Crippen LogP contribution in [0.4, 0.5) is 5.69 Å². The maximum Gasteiger partial charge on any atom is 0.340 e. The Kier molecular flexibility index (Phi) is 6.98. The number of aryl methyl sites for hydroxylation is 1. The number of ether oxygens (including phenoxy) is 1. The third-order valence-electron chi connectivity index (χ3n) is 6.47. The highest BCUT2D eigenvalue weighted by molar-refractivity contribution is 6.04. The highest BCUT2D eigenvalue weighted by Crippen LogP contribution is 2.22. The Morgan fingerprint density at radius 2 is 1.68 bits per heavy atom. The number of fused-ring (bicyclic) bond motifs is 1. The van der Waals surface area contributed by atoms with E-state index in [1.807, 2.05) is 61.2 Å². The minimum atomic E-state index is -0.421. The number of hydrogen-bond acceptors (Lipinski definition) is 5. The van der Waals surface area contributed by atoms with E-state index in [1.54, 1.807) is 10.8 Å². The summed E-state index contributed by atoms with van der Waals surface area (Å²) in [4.78, 5) is 41.5. The number of rotatable bonds is 6. The maximum absolute atomic E-state index is 13.0. The second kappa shape index (κ2) is 10.1. The molecule has 1 fully saturated rings. The van der Waals surface area contributed by atoms with Gasteiger partial charge in [-0.1, -0.05) is 30.3 Å². The molecule has 8 nitrogen and oxygen atoms in total. The zero-order chi connectivity index (χ0) is 24.2. The van der Waals surface area contributed by atoms with Gasteiger partial charge in [-0.25, -0.2) is 4.79 Å². The second-order valence-electron chi connectivity index (χ2n) is 8.63. The van der Waals surface area contributed by atoms with Gasteiger partial charge in [0.15, 0.2) is 0 Å². The van der Waals surface area contributed by atoms with Crippen molar-refractivity contribution in [1.82, 2.24) is 14.4 Å². The fraction of sp³-hybridized carbons (Fsp3) is 0.346. The summed E-state index contributed by atoms with van der Waals surface area (Å²) >= 11 is 0. The van der Waals surface area contributed by atoms with E-state index >= 15 is 0 Å². The number of para-hydroxylation sites is 1. The zero-order valence-electron chi connectivity index (χ0n) is 19.8. The summed E-state index contributed by atoms with van der Waals surface area (Å²) in [6, 6.07) is 13.3. The molecule has 3 aromatic rings. The Morgan fingerprint density at radius 1 is 0.941 bits per heavy atom. The van der Waals surface area contributed by atoms with E-state index in [2.05, 4.69) is 10.2 Å². The third-order valence-corrected chi connectivity index (χ3v) is 6.47. The number of nitrogens with zero attached hydrogens (tertiary/aromatic N) is 3. The van der Waals surface area contributed by atoms with E-state index in [0.29, 0.717) is 38.3 Å². The van der Waals surface area contributed by atoms with Crippen LogP contribution in [0.3, 0.4) is 0 Å². The third kappa shape index (κ3) is 4.97. The van der Waals surface area contributed by atoms with E-state index in [1.165, 1.54) is 7.11 Å². The van der Waals surface area contributed by atoms with Gasteiger partial charge in [-0.3, -0.25) is 14.5 Å². The van der Waals surface area contributed by atoms with Gasteiger partial charge in [0.05, 0.1) is 19.2 Å². The maximum atomic E-state index is 13.0. The number of benzene rings is 2. The predicted molar refractivity (Wildman–Crippen MR) is 131 cm³/mol. The van der Waals surface area contributed by atoms with Gasteiger partial charge in [0.2, 0.25) is 11.8 Å². The Balaban J connectivity index is 1.33. The Morgan fingerprint density at radius 3 is 2.41 bits per heavy atom. The lowest BCUT2D eigenvalue weighted by Gasteiger charge is -2.34. The van der Waals surface area contributed by atoms with Crippen LogP contribution >= 0.6 is 0 Å². The van der Waals surface area contributed by atoms with Gasteiger partial charge in [-0.05, 0) is 37.1 Å². The molecule has 0 aliphatic carbocycles. The van der Waals surface area contributed by atoms with Gasteiger partial charge in [-0.2, -0.15) is 0 Å². The van der Waals surface area contributed by atoms with Crippen molar-refractivity contribution >= 4 is 34.4 Å². The standard InChI is InChI=1S/C26H30N4O4/c1-18-7-6-9-22(19(18)2)27-24(31)16-28-11-13-29(14-12-28)25(32)17-30-15-21(26(33)34-3)20-8-4-5-10-23(20)30/h4-10,15H,11-14,16-17H2,1-3H3,(H,27,31). The van der Waals surface area contributed by atoms with Gasteiger partial charge in [0.25, 0.3) is 0 Å². The van der Waals surface area contributed by atoms with Crippen LogP contribution in [0.5, 0.6) is 0 Å². The molecule has 0 radical (unpaired) electrons. The van der Waals surface area contributed by atoms with E-state index in [9.17, 15) is 14.4 Å². The molecule has 2 amide bonds. The molecule has 0 saturated carbocycles. The fourth-order valence-electron chi connectivity index (χ4n) is 4.33. The van der Waals surface area contributed by atoms with E-state index in [0.717, 1.165) is 27.7 Å². The smallest absolute Gasteiger partial charge is 0.340 e. The van der Waals surface area contributed by atoms with Crippen molar-refractivity contribution < 1.29 is 19.1 Å². The number of nitrogens with one attached hydrogen (secondary N) is 1. The van der Waals surface area contributed by atoms with Gasteiger partial charge in [0.1, 0.15) is 6.54 Å². The lowest BCUT2D eigenvalue weighted by atomic mass is 10.1. The van der Waals surface area contributed by atoms with Crippen molar-refractivity contribution in [3.63, 3.8) is 0 Å². The van der Waals surface area contributed by atoms with Crippen LogP contribution in [-0.2, 0) is 20.9 Å². The first-order valence-corrected chi connectivity index (χ1v) is 11.4. The number of anilines is 1. The highest BCUT2D eigenvalue weighted by Gasteiger charge is 2.24. The quantitative estimate of drug-likeness (QED) is 0.570. The van der Waals surface area contributed by atoms with Crippen molar-refractivity contribution in [3.8, 4) is 0 Å². The molecule has 1 aliphatic rings. The lowest BCUT2D eigenvalue weighted by molar-refractivity contribution is -0.133. The van der Waals surface area contributed by atoms with E-state index in [-0.39, 0.29) is 18.4 Å². The molecule has 0 bridgehead atoms. The van der Waals surface area contributed by atoms with Crippen LogP contribution in [0.2, 0.25) is 0 Å². The molecule has 0 spiro atoms. The molecule has 1 aromatic heterocycles. The minimum Gasteiger partial charge on any atom is -0.465 e. The summed E-state index contributed by atoms with van der Waals surface area (Å²) in [5, 5.41) is 3.76.